The molecule has 2 aromatic rings. The minimum Gasteiger partial charge on any atom is -0.481 e. The summed E-state index contributed by atoms with van der Waals surface area (Å²) in [6, 6.07) is 7.80. The Morgan fingerprint density at radius 1 is 1.27 bits per heavy atom. The van der Waals surface area contributed by atoms with Crippen LogP contribution >= 0.6 is 0 Å². The van der Waals surface area contributed by atoms with Gasteiger partial charge in [0, 0.05) is 12.4 Å². The van der Waals surface area contributed by atoms with Crippen molar-refractivity contribution in [3.63, 3.8) is 0 Å². The predicted octanol–water partition coefficient (Wildman–Crippen LogP) is 2.76. The summed E-state index contributed by atoms with van der Waals surface area (Å²) in [7, 11) is 0. The van der Waals surface area contributed by atoms with Gasteiger partial charge in [-0.15, -0.1) is 0 Å². The van der Waals surface area contributed by atoms with Crippen LogP contribution in [0.15, 0.2) is 36.7 Å². The van der Waals surface area contributed by atoms with Gasteiger partial charge in [0.2, 0.25) is 5.95 Å². The quantitative estimate of drug-likeness (QED) is 0.921. The van der Waals surface area contributed by atoms with E-state index in [9.17, 15) is 4.79 Å². The number of carbonyl (C=O) groups is 1. The molecule has 5 heteroatoms. The Bertz CT molecular complexity index is 658. The number of aromatic nitrogens is 2. The standard InChI is InChI=1S/C17H19N3O2/c1-2-15(16(21)20-17-18-9-4-10-19-17)22-14-8-7-12-5-3-6-13(12)11-14/h4,7-11,15H,2-3,5-6H2,1H3,(H,18,19,20,21)/t15-/m0/s1. The molecular formula is C17H19N3O2. The Morgan fingerprint density at radius 3 is 2.82 bits per heavy atom. The molecule has 0 radical (unpaired) electrons. The molecule has 1 amide bonds. The molecule has 1 aliphatic rings. The van der Waals surface area contributed by atoms with E-state index in [0.29, 0.717) is 12.4 Å². The monoisotopic (exact) mass is 297 g/mol. The van der Waals surface area contributed by atoms with Gasteiger partial charge in [0.25, 0.3) is 5.91 Å². The van der Waals surface area contributed by atoms with Crippen molar-refractivity contribution in [3.8, 4) is 5.75 Å². The molecule has 1 heterocycles. The second kappa shape index (κ2) is 6.56. The molecule has 1 N–H and O–H groups in total. The van der Waals surface area contributed by atoms with E-state index in [-0.39, 0.29) is 5.91 Å². The van der Waals surface area contributed by atoms with Crippen LogP contribution in [0, 0.1) is 0 Å². The molecule has 0 bridgehead atoms. The van der Waals surface area contributed by atoms with Crippen molar-refractivity contribution >= 4 is 11.9 Å². The van der Waals surface area contributed by atoms with Crippen molar-refractivity contribution in [2.45, 2.75) is 38.7 Å². The van der Waals surface area contributed by atoms with Crippen molar-refractivity contribution in [2.24, 2.45) is 0 Å². The van der Waals surface area contributed by atoms with Gasteiger partial charge in [-0.1, -0.05) is 13.0 Å². The van der Waals surface area contributed by atoms with Crippen LogP contribution in [-0.4, -0.2) is 22.0 Å². The first-order chi connectivity index (χ1) is 10.8. The Kier molecular flexibility index (Phi) is 4.32. The summed E-state index contributed by atoms with van der Waals surface area (Å²) in [4.78, 5) is 20.2. The average molecular weight is 297 g/mol. The van der Waals surface area contributed by atoms with Gasteiger partial charge in [-0.05, 0) is 55.0 Å². The zero-order valence-electron chi connectivity index (χ0n) is 12.6. The largest absolute Gasteiger partial charge is 0.481 e. The lowest BCUT2D eigenvalue weighted by Crippen LogP contribution is -2.33. The van der Waals surface area contributed by atoms with Crippen LogP contribution in [0.2, 0.25) is 0 Å². The normalized spacial score (nSPS) is 14.2. The summed E-state index contributed by atoms with van der Waals surface area (Å²) in [6.07, 6.45) is 6.63. The smallest absolute Gasteiger partial charge is 0.267 e. The molecule has 0 unspecified atom stereocenters. The summed E-state index contributed by atoms with van der Waals surface area (Å²) in [5.41, 5.74) is 2.72. The van der Waals surface area contributed by atoms with Crippen LogP contribution in [0.4, 0.5) is 5.95 Å². The summed E-state index contributed by atoms with van der Waals surface area (Å²) in [6.45, 7) is 1.92. The van der Waals surface area contributed by atoms with Crippen molar-refractivity contribution < 1.29 is 9.53 Å². The first-order valence-corrected chi connectivity index (χ1v) is 7.62. The third-order valence-corrected chi connectivity index (χ3v) is 3.81. The second-order valence-corrected chi connectivity index (χ2v) is 5.36. The maximum absolute atomic E-state index is 12.3. The van der Waals surface area contributed by atoms with E-state index in [2.05, 4.69) is 27.4 Å². The molecule has 0 aliphatic heterocycles. The minimum absolute atomic E-state index is 0.228. The van der Waals surface area contributed by atoms with E-state index in [1.165, 1.54) is 17.5 Å². The van der Waals surface area contributed by atoms with Crippen LogP contribution < -0.4 is 10.1 Å². The van der Waals surface area contributed by atoms with E-state index >= 15 is 0 Å². The number of hydrogen-bond donors (Lipinski definition) is 1. The molecule has 0 saturated carbocycles. The van der Waals surface area contributed by atoms with Crippen molar-refractivity contribution in [1.82, 2.24) is 9.97 Å². The Labute approximate surface area is 129 Å². The van der Waals surface area contributed by atoms with Gasteiger partial charge in [-0.2, -0.15) is 0 Å². The number of anilines is 1. The third-order valence-electron chi connectivity index (χ3n) is 3.81. The number of carbonyl (C=O) groups excluding carboxylic acids is 1. The molecule has 1 atom stereocenters. The SMILES string of the molecule is CC[C@H](Oc1ccc2c(c1)CCC2)C(=O)Nc1ncccn1. The van der Waals surface area contributed by atoms with Gasteiger partial charge in [0.15, 0.2) is 6.10 Å². The first kappa shape index (κ1) is 14.5. The maximum atomic E-state index is 12.3. The fourth-order valence-electron chi connectivity index (χ4n) is 2.66. The number of amides is 1. The highest BCUT2D eigenvalue weighted by Gasteiger charge is 2.20. The van der Waals surface area contributed by atoms with E-state index in [1.807, 2.05) is 13.0 Å². The van der Waals surface area contributed by atoms with Gasteiger partial charge in [-0.25, -0.2) is 9.97 Å². The summed E-state index contributed by atoms with van der Waals surface area (Å²) < 4.78 is 5.86. The number of nitrogens with zero attached hydrogens (tertiary/aromatic N) is 2. The van der Waals surface area contributed by atoms with Crippen molar-refractivity contribution in [3.05, 3.63) is 47.8 Å². The fraction of sp³-hybridized carbons (Fsp3) is 0.353. The molecule has 3 rings (SSSR count). The highest BCUT2D eigenvalue weighted by atomic mass is 16.5. The Hall–Kier alpha value is -2.43. The predicted molar refractivity (Wildman–Crippen MR) is 83.8 cm³/mol. The summed E-state index contributed by atoms with van der Waals surface area (Å²) in [5.74, 6) is 0.814. The van der Waals surface area contributed by atoms with Crippen LogP contribution in [-0.2, 0) is 17.6 Å². The number of benzene rings is 1. The number of fused-ring (bicyclic) bond motifs is 1. The van der Waals surface area contributed by atoms with E-state index in [0.717, 1.165) is 18.6 Å². The van der Waals surface area contributed by atoms with E-state index in [1.54, 1.807) is 18.5 Å². The molecule has 0 spiro atoms. The lowest BCUT2D eigenvalue weighted by Gasteiger charge is -2.17. The van der Waals surface area contributed by atoms with Gasteiger partial charge in [0.05, 0.1) is 0 Å². The van der Waals surface area contributed by atoms with Crippen LogP contribution in [0.25, 0.3) is 0 Å². The van der Waals surface area contributed by atoms with Crippen LogP contribution in [0.3, 0.4) is 0 Å². The molecule has 1 aromatic carbocycles. The number of nitrogens with one attached hydrogen (secondary N) is 1. The number of hydrogen-bond acceptors (Lipinski definition) is 4. The average Bonchev–Trinajstić information content (AvgIpc) is 3.01. The molecule has 0 fully saturated rings. The fourth-order valence-corrected chi connectivity index (χ4v) is 2.66. The van der Waals surface area contributed by atoms with E-state index < -0.39 is 6.10 Å². The zero-order valence-corrected chi connectivity index (χ0v) is 12.6. The second-order valence-electron chi connectivity index (χ2n) is 5.36. The molecule has 22 heavy (non-hydrogen) atoms. The molecule has 1 aromatic heterocycles. The van der Waals surface area contributed by atoms with Crippen LogP contribution in [0.1, 0.15) is 30.9 Å². The van der Waals surface area contributed by atoms with Crippen molar-refractivity contribution in [1.29, 1.82) is 0 Å². The molecule has 114 valence electrons. The van der Waals surface area contributed by atoms with Gasteiger partial charge < -0.3 is 4.74 Å². The van der Waals surface area contributed by atoms with Crippen LogP contribution in [0.5, 0.6) is 5.75 Å². The zero-order chi connectivity index (χ0) is 15.4. The molecule has 0 saturated heterocycles. The Morgan fingerprint density at radius 2 is 2.05 bits per heavy atom. The minimum atomic E-state index is -0.553. The number of rotatable bonds is 5. The summed E-state index contributed by atoms with van der Waals surface area (Å²) in [5, 5.41) is 2.68. The van der Waals surface area contributed by atoms with Gasteiger partial charge in [0.1, 0.15) is 5.75 Å². The lowest BCUT2D eigenvalue weighted by atomic mass is 10.1. The summed E-state index contributed by atoms with van der Waals surface area (Å²) >= 11 is 0. The molecule has 5 nitrogen and oxygen atoms in total. The van der Waals surface area contributed by atoms with Gasteiger partial charge >= 0.3 is 0 Å². The topological polar surface area (TPSA) is 64.1 Å². The van der Waals surface area contributed by atoms with Gasteiger partial charge in [-0.3, -0.25) is 10.1 Å². The highest BCUT2D eigenvalue weighted by Crippen LogP contribution is 2.26. The maximum Gasteiger partial charge on any atom is 0.267 e. The number of aryl methyl sites for hydroxylation is 2. The lowest BCUT2D eigenvalue weighted by molar-refractivity contribution is -0.122. The molecule has 1 aliphatic carbocycles. The van der Waals surface area contributed by atoms with E-state index in [4.69, 9.17) is 4.74 Å². The first-order valence-electron chi connectivity index (χ1n) is 7.62. The highest BCUT2D eigenvalue weighted by molar-refractivity contribution is 5.92. The molecular weight excluding hydrogens is 278 g/mol. The number of ether oxygens (including phenoxy) is 1. The Balaban J connectivity index is 1.67. The van der Waals surface area contributed by atoms with Crippen molar-refractivity contribution in [2.75, 3.05) is 5.32 Å². The third kappa shape index (κ3) is 3.24.